The monoisotopic (exact) mass is 296 g/mol. The summed E-state index contributed by atoms with van der Waals surface area (Å²) < 4.78 is 0. The van der Waals surface area contributed by atoms with Gasteiger partial charge in [0.2, 0.25) is 0 Å². The molecule has 0 heterocycles. The Morgan fingerprint density at radius 1 is 0.857 bits per heavy atom. The van der Waals surface area contributed by atoms with Gasteiger partial charge in [0, 0.05) is 10.6 Å². The Balaban J connectivity index is 2.17. The van der Waals surface area contributed by atoms with Gasteiger partial charge in [-0.1, -0.05) is 60.1 Å². The maximum absolute atomic E-state index is 10.8. The molecular formula is C19H17ClO. The zero-order valence-corrected chi connectivity index (χ0v) is 12.9. The molecule has 0 aliphatic heterocycles. The largest absolute Gasteiger partial charge is 0.384 e. The summed E-state index contributed by atoms with van der Waals surface area (Å²) in [5.41, 5.74) is 3.91. The van der Waals surface area contributed by atoms with Gasteiger partial charge in [0.05, 0.1) is 0 Å². The molecule has 1 nitrogen and oxygen atoms in total. The molecule has 0 aliphatic carbocycles. The van der Waals surface area contributed by atoms with E-state index in [9.17, 15) is 5.11 Å². The number of benzene rings is 3. The molecule has 2 heteroatoms. The maximum Gasteiger partial charge on any atom is 0.106 e. The number of aliphatic hydroxyl groups excluding tert-OH is 1. The van der Waals surface area contributed by atoms with Crippen LogP contribution in [0.15, 0.2) is 54.6 Å². The van der Waals surface area contributed by atoms with Gasteiger partial charge >= 0.3 is 0 Å². The lowest BCUT2D eigenvalue weighted by molar-refractivity contribution is 0.222. The molecule has 1 N–H and O–H groups in total. The normalized spacial score (nSPS) is 12.6. The molecule has 106 valence electrons. The molecule has 3 aromatic rings. The van der Waals surface area contributed by atoms with E-state index in [1.807, 2.05) is 68.4 Å². The number of fused-ring (bicyclic) bond motifs is 1. The SMILES string of the molecule is Cc1cc(Cl)c(C(O)c2cccc3ccccc23)cc1C. The fourth-order valence-electron chi connectivity index (χ4n) is 2.67. The molecule has 0 amide bonds. The molecule has 0 aliphatic rings. The number of halogens is 1. The van der Waals surface area contributed by atoms with Crippen LogP contribution in [0.3, 0.4) is 0 Å². The van der Waals surface area contributed by atoms with Crippen molar-refractivity contribution in [1.82, 2.24) is 0 Å². The first kappa shape index (κ1) is 14.1. The molecule has 0 fully saturated rings. The van der Waals surface area contributed by atoms with Crippen molar-refractivity contribution in [2.45, 2.75) is 20.0 Å². The van der Waals surface area contributed by atoms with Gasteiger partial charge in [0.25, 0.3) is 0 Å². The second kappa shape index (κ2) is 5.51. The van der Waals surface area contributed by atoms with Crippen LogP contribution in [-0.2, 0) is 0 Å². The Kier molecular flexibility index (Phi) is 3.71. The summed E-state index contributed by atoms with van der Waals surface area (Å²) in [5, 5.41) is 13.6. The standard InChI is InChI=1S/C19H17ClO/c1-12-10-17(18(20)11-13(12)2)19(21)16-9-5-7-14-6-3-4-8-15(14)16/h3-11,19,21H,1-2H3. The molecule has 0 aromatic heterocycles. The van der Waals surface area contributed by atoms with Crippen molar-refractivity contribution in [3.63, 3.8) is 0 Å². The molecule has 0 saturated heterocycles. The predicted octanol–water partition coefficient (Wildman–Crippen LogP) is 5.19. The molecule has 1 unspecified atom stereocenters. The van der Waals surface area contributed by atoms with Crippen LogP contribution in [0.4, 0.5) is 0 Å². The van der Waals surface area contributed by atoms with Crippen LogP contribution in [0, 0.1) is 13.8 Å². The highest BCUT2D eigenvalue weighted by molar-refractivity contribution is 6.31. The highest BCUT2D eigenvalue weighted by atomic mass is 35.5. The van der Waals surface area contributed by atoms with Crippen LogP contribution < -0.4 is 0 Å². The molecule has 0 saturated carbocycles. The Hall–Kier alpha value is -1.83. The summed E-state index contributed by atoms with van der Waals surface area (Å²) in [5.74, 6) is 0. The number of hydrogen-bond acceptors (Lipinski definition) is 1. The van der Waals surface area contributed by atoms with Crippen molar-refractivity contribution in [3.8, 4) is 0 Å². The van der Waals surface area contributed by atoms with E-state index in [4.69, 9.17) is 11.6 Å². The Labute approximate surface area is 129 Å². The third-order valence-electron chi connectivity index (χ3n) is 4.03. The first-order valence-electron chi connectivity index (χ1n) is 7.00. The smallest absolute Gasteiger partial charge is 0.106 e. The summed E-state index contributed by atoms with van der Waals surface area (Å²) in [6, 6.07) is 17.9. The number of rotatable bonds is 2. The fraction of sp³-hybridized carbons (Fsp3) is 0.158. The zero-order chi connectivity index (χ0) is 15.0. The van der Waals surface area contributed by atoms with Crippen molar-refractivity contribution < 1.29 is 5.11 Å². The molecule has 0 spiro atoms. The third-order valence-corrected chi connectivity index (χ3v) is 4.35. The van der Waals surface area contributed by atoms with Gasteiger partial charge in [0.15, 0.2) is 0 Å². The highest BCUT2D eigenvalue weighted by Crippen LogP contribution is 2.33. The van der Waals surface area contributed by atoms with E-state index in [1.165, 1.54) is 0 Å². The average molecular weight is 297 g/mol. The lowest BCUT2D eigenvalue weighted by Gasteiger charge is -2.17. The van der Waals surface area contributed by atoms with Crippen LogP contribution in [0.5, 0.6) is 0 Å². The van der Waals surface area contributed by atoms with E-state index in [0.29, 0.717) is 5.02 Å². The van der Waals surface area contributed by atoms with Gasteiger partial charge in [-0.05, 0) is 47.4 Å². The molecule has 1 atom stereocenters. The number of aryl methyl sites for hydroxylation is 2. The minimum Gasteiger partial charge on any atom is -0.384 e. The average Bonchev–Trinajstić information content (AvgIpc) is 2.49. The maximum atomic E-state index is 10.8. The number of aliphatic hydroxyl groups is 1. The Morgan fingerprint density at radius 2 is 1.52 bits per heavy atom. The van der Waals surface area contributed by atoms with E-state index >= 15 is 0 Å². The summed E-state index contributed by atoms with van der Waals surface area (Å²) in [4.78, 5) is 0. The molecule has 0 radical (unpaired) electrons. The lowest BCUT2D eigenvalue weighted by atomic mass is 9.94. The van der Waals surface area contributed by atoms with Crippen molar-refractivity contribution >= 4 is 22.4 Å². The lowest BCUT2D eigenvalue weighted by Crippen LogP contribution is -2.02. The molecule has 21 heavy (non-hydrogen) atoms. The minimum atomic E-state index is -0.720. The van der Waals surface area contributed by atoms with Crippen LogP contribution >= 0.6 is 11.6 Å². The van der Waals surface area contributed by atoms with Gasteiger partial charge in [-0.25, -0.2) is 0 Å². The minimum absolute atomic E-state index is 0.610. The highest BCUT2D eigenvalue weighted by Gasteiger charge is 2.17. The summed E-state index contributed by atoms with van der Waals surface area (Å²) in [7, 11) is 0. The van der Waals surface area contributed by atoms with Crippen LogP contribution in [0.25, 0.3) is 10.8 Å². The summed E-state index contributed by atoms with van der Waals surface area (Å²) in [6.45, 7) is 4.06. The second-order valence-electron chi connectivity index (χ2n) is 5.43. The molecule has 3 aromatic carbocycles. The summed E-state index contributed by atoms with van der Waals surface area (Å²) in [6.07, 6.45) is -0.720. The van der Waals surface area contributed by atoms with Crippen LogP contribution in [0.2, 0.25) is 5.02 Å². The van der Waals surface area contributed by atoms with Crippen LogP contribution in [0.1, 0.15) is 28.4 Å². The second-order valence-corrected chi connectivity index (χ2v) is 5.84. The van der Waals surface area contributed by atoms with Gasteiger partial charge in [-0.3, -0.25) is 0 Å². The van der Waals surface area contributed by atoms with Crippen molar-refractivity contribution in [3.05, 3.63) is 81.9 Å². The quantitative estimate of drug-likeness (QED) is 0.690. The first-order valence-corrected chi connectivity index (χ1v) is 7.38. The van der Waals surface area contributed by atoms with E-state index < -0.39 is 6.10 Å². The van der Waals surface area contributed by atoms with E-state index in [1.54, 1.807) is 0 Å². The fourth-order valence-corrected chi connectivity index (χ4v) is 2.99. The third kappa shape index (κ3) is 2.55. The van der Waals surface area contributed by atoms with Gasteiger partial charge in [-0.2, -0.15) is 0 Å². The van der Waals surface area contributed by atoms with Crippen molar-refractivity contribution in [2.75, 3.05) is 0 Å². The van der Waals surface area contributed by atoms with Gasteiger partial charge in [-0.15, -0.1) is 0 Å². The van der Waals surface area contributed by atoms with Gasteiger partial charge < -0.3 is 5.11 Å². The predicted molar refractivity (Wildman–Crippen MR) is 88.9 cm³/mol. The van der Waals surface area contributed by atoms with Crippen molar-refractivity contribution in [1.29, 1.82) is 0 Å². The molecule has 3 rings (SSSR count). The zero-order valence-electron chi connectivity index (χ0n) is 12.1. The van der Waals surface area contributed by atoms with E-state index in [-0.39, 0.29) is 0 Å². The topological polar surface area (TPSA) is 20.2 Å². The molecular weight excluding hydrogens is 280 g/mol. The van der Waals surface area contributed by atoms with E-state index in [0.717, 1.165) is 33.0 Å². The van der Waals surface area contributed by atoms with Crippen molar-refractivity contribution in [2.24, 2.45) is 0 Å². The van der Waals surface area contributed by atoms with Crippen LogP contribution in [-0.4, -0.2) is 5.11 Å². The van der Waals surface area contributed by atoms with Gasteiger partial charge in [0.1, 0.15) is 6.10 Å². The Morgan fingerprint density at radius 3 is 2.33 bits per heavy atom. The Bertz CT molecular complexity index is 803. The first-order chi connectivity index (χ1) is 10.1. The summed E-state index contributed by atoms with van der Waals surface area (Å²) >= 11 is 6.34. The van der Waals surface area contributed by atoms with E-state index in [2.05, 4.69) is 0 Å². The molecule has 0 bridgehead atoms. The number of hydrogen-bond donors (Lipinski definition) is 1.